The van der Waals surface area contributed by atoms with Crippen LogP contribution in [0.2, 0.25) is 0 Å². The Bertz CT molecular complexity index is 814. The number of hydrogen-bond acceptors (Lipinski definition) is 4. The molecule has 0 aromatic heterocycles. The molecule has 6 nitrogen and oxygen atoms in total. The molecule has 0 heterocycles. The van der Waals surface area contributed by atoms with E-state index in [1.54, 1.807) is 12.1 Å². The number of nitrogens with one attached hydrogen (secondary N) is 1. The largest absolute Gasteiger partial charge is 0.506 e. The van der Waals surface area contributed by atoms with Crippen LogP contribution in [0.4, 0.5) is 5.69 Å². The molecule has 2 rings (SSSR count). The third-order valence-corrected chi connectivity index (χ3v) is 4.47. The van der Waals surface area contributed by atoms with Crippen LogP contribution in [-0.4, -0.2) is 24.6 Å². The third-order valence-electron chi connectivity index (χ3n) is 3.11. The lowest BCUT2D eigenvalue weighted by atomic mass is 10.2. The van der Waals surface area contributed by atoms with E-state index in [9.17, 15) is 18.3 Å². The van der Waals surface area contributed by atoms with Gasteiger partial charge < -0.3 is 10.2 Å². The number of sulfonamides is 1. The fraction of sp³-hybridized carbons (Fsp3) is 0.133. The first-order valence-electron chi connectivity index (χ1n) is 6.51. The van der Waals surface area contributed by atoms with Gasteiger partial charge in [-0.3, -0.25) is 4.72 Å². The highest BCUT2D eigenvalue weighted by Gasteiger charge is 2.17. The van der Waals surface area contributed by atoms with Gasteiger partial charge in [-0.25, -0.2) is 13.2 Å². The van der Waals surface area contributed by atoms with Gasteiger partial charge in [0.2, 0.25) is 0 Å². The summed E-state index contributed by atoms with van der Waals surface area (Å²) in [5.41, 5.74) is 0.661. The maximum Gasteiger partial charge on any atom is 0.335 e. The second-order valence-corrected chi connectivity index (χ2v) is 6.33. The van der Waals surface area contributed by atoms with Gasteiger partial charge >= 0.3 is 5.97 Å². The molecule has 0 radical (unpaired) electrons. The highest BCUT2D eigenvalue weighted by atomic mass is 32.2. The zero-order valence-electron chi connectivity index (χ0n) is 11.8. The van der Waals surface area contributed by atoms with Gasteiger partial charge in [0, 0.05) is 0 Å². The van der Waals surface area contributed by atoms with Gasteiger partial charge in [0.25, 0.3) is 10.0 Å². The second-order valence-electron chi connectivity index (χ2n) is 4.64. The van der Waals surface area contributed by atoms with Crippen LogP contribution in [0.5, 0.6) is 5.75 Å². The summed E-state index contributed by atoms with van der Waals surface area (Å²) in [6, 6.07) is 9.86. The van der Waals surface area contributed by atoms with E-state index in [1.165, 1.54) is 18.2 Å². The summed E-state index contributed by atoms with van der Waals surface area (Å²) in [4.78, 5) is 10.9. The lowest BCUT2D eigenvalue weighted by Crippen LogP contribution is -2.13. The number of carboxylic acid groups (broad SMARTS) is 1. The summed E-state index contributed by atoms with van der Waals surface area (Å²) in [7, 11) is -3.86. The molecule has 2 aromatic carbocycles. The van der Waals surface area contributed by atoms with E-state index < -0.39 is 21.7 Å². The van der Waals surface area contributed by atoms with Crippen LogP contribution in [0, 0.1) is 0 Å². The number of hydrogen-bond donors (Lipinski definition) is 3. The SMILES string of the molecule is CCc1cccc(S(=O)(=O)Nc2ccc(C(=O)O)cc2O)c1. The maximum absolute atomic E-state index is 12.3. The molecule has 3 N–H and O–H groups in total. The monoisotopic (exact) mass is 321 g/mol. The first kappa shape index (κ1) is 15.8. The number of benzene rings is 2. The topological polar surface area (TPSA) is 104 Å². The van der Waals surface area contributed by atoms with Crippen LogP contribution in [0.1, 0.15) is 22.8 Å². The Kier molecular flexibility index (Phi) is 4.37. The number of carboxylic acids is 1. The molecular weight excluding hydrogens is 306 g/mol. The standard InChI is InChI=1S/C15H15NO5S/c1-2-10-4-3-5-12(8-10)22(20,21)16-13-7-6-11(15(18)19)9-14(13)17/h3-9,16-17H,2H2,1H3,(H,18,19). The molecule has 2 aromatic rings. The van der Waals surface area contributed by atoms with Gasteiger partial charge in [0.1, 0.15) is 5.75 Å². The highest BCUT2D eigenvalue weighted by Crippen LogP contribution is 2.27. The minimum absolute atomic E-state index is 0.0769. The molecular formula is C15H15NO5S. The number of aromatic hydroxyl groups is 1. The molecule has 22 heavy (non-hydrogen) atoms. The third kappa shape index (κ3) is 3.37. The van der Waals surface area contributed by atoms with Crippen molar-refractivity contribution in [3.63, 3.8) is 0 Å². The zero-order chi connectivity index (χ0) is 16.3. The maximum atomic E-state index is 12.3. The number of aromatic carboxylic acids is 1. The second kappa shape index (κ2) is 6.07. The van der Waals surface area contributed by atoms with E-state index in [0.29, 0.717) is 6.42 Å². The van der Waals surface area contributed by atoms with Gasteiger partial charge in [0.05, 0.1) is 16.1 Å². The van der Waals surface area contributed by atoms with Crippen molar-refractivity contribution >= 4 is 21.7 Å². The summed E-state index contributed by atoms with van der Waals surface area (Å²) < 4.78 is 26.9. The first-order valence-corrected chi connectivity index (χ1v) is 8.00. The number of phenols is 1. The molecule has 0 bridgehead atoms. The van der Waals surface area contributed by atoms with E-state index in [4.69, 9.17) is 5.11 Å². The predicted octanol–water partition coefficient (Wildman–Crippen LogP) is 2.45. The zero-order valence-corrected chi connectivity index (χ0v) is 12.6. The predicted molar refractivity (Wildman–Crippen MR) is 81.7 cm³/mol. The van der Waals surface area contributed by atoms with Crippen LogP contribution in [0.25, 0.3) is 0 Å². The van der Waals surface area contributed by atoms with Crippen molar-refractivity contribution in [1.82, 2.24) is 0 Å². The molecule has 0 aliphatic heterocycles. The smallest absolute Gasteiger partial charge is 0.335 e. The molecule has 0 aliphatic carbocycles. The Morgan fingerprint density at radius 2 is 1.91 bits per heavy atom. The van der Waals surface area contributed by atoms with Crippen LogP contribution in [-0.2, 0) is 16.4 Å². The van der Waals surface area contributed by atoms with Crippen LogP contribution in [0.3, 0.4) is 0 Å². The molecule has 0 aliphatic rings. The highest BCUT2D eigenvalue weighted by molar-refractivity contribution is 7.92. The molecule has 0 amide bonds. The fourth-order valence-corrected chi connectivity index (χ4v) is 3.03. The number of carbonyl (C=O) groups is 1. The van der Waals surface area contributed by atoms with E-state index >= 15 is 0 Å². The van der Waals surface area contributed by atoms with Crippen LogP contribution < -0.4 is 4.72 Å². The number of rotatable bonds is 5. The Labute approximate surface area is 128 Å². The molecule has 0 fully saturated rings. The minimum atomic E-state index is -3.86. The van der Waals surface area contributed by atoms with Crippen molar-refractivity contribution in [1.29, 1.82) is 0 Å². The summed E-state index contributed by atoms with van der Waals surface area (Å²) in [5, 5.41) is 18.6. The van der Waals surface area contributed by atoms with Crippen molar-refractivity contribution in [3.8, 4) is 5.75 Å². The van der Waals surface area contributed by atoms with E-state index in [2.05, 4.69) is 4.72 Å². The van der Waals surface area contributed by atoms with Crippen molar-refractivity contribution in [3.05, 3.63) is 53.6 Å². The minimum Gasteiger partial charge on any atom is -0.506 e. The van der Waals surface area contributed by atoms with Gasteiger partial charge in [-0.1, -0.05) is 19.1 Å². The molecule has 0 spiro atoms. The first-order chi connectivity index (χ1) is 10.3. The van der Waals surface area contributed by atoms with Gasteiger partial charge in [0.15, 0.2) is 0 Å². The Balaban J connectivity index is 2.34. The molecule has 7 heteroatoms. The van der Waals surface area contributed by atoms with Crippen LogP contribution >= 0.6 is 0 Å². The van der Waals surface area contributed by atoms with Crippen molar-refractivity contribution in [2.24, 2.45) is 0 Å². The summed E-state index contributed by atoms with van der Waals surface area (Å²) in [5.74, 6) is -1.66. The average molecular weight is 321 g/mol. The lowest BCUT2D eigenvalue weighted by Gasteiger charge is -2.11. The normalized spacial score (nSPS) is 11.1. The summed E-state index contributed by atoms with van der Waals surface area (Å²) in [6.45, 7) is 1.91. The fourth-order valence-electron chi connectivity index (χ4n) is 1.89. The van der Waals surface area contributed by atoms with Gasteiger partial charge in [-0.2, -0.15) is 0 Å². The number of aryl methyl sites for hydroxylation is 1. The van der Waals surface area contributed by atoms with Crippen molar-refractivity contribution in [2.75, 3.05) is 4.72 Å². The van der Waals surface area contributed by atoms with Crippen molar-refractivity contribution < 1.29 is 23.4 Å². The van der Waals surface area contributed by atoms with Crippen LogP contribution in [0.15, 0.2) is 47.4 Å². The number of anilines is 1. The summed E-state index contributed by atoms with van der Waals surface area (Å²) >= 11 is 0. The van der Waals surface area contributed by atoms with E-state index in [0.717, 1.165) is 11.6 Å². The Morgan fingerprint density at radius 1 is 1.18 bits per heavy atom. The lowest BCUT2D eigenvalue weighted by molar-refractivity contribution is 0.0696. The van der Waals surface area contributed by atoms with E-state index in [1.807, 2.05) is 13.0 Å². The summed E-state index contributed by atoms with van der Waals surface area (Å²) in [6.07, 6.45) is 0.696. The Morgan fingerprint density at radius 3 is 2.50 bits per heavy atom. The van der Waals surface area contributed by atoms with E-state index in [-0.39, 0.29) is 16.1 Å². The molecule has 0 saturated carbocycles. The molecule has 0 atom stereocenters. The van der Waals surface area contributed by atoms with Gasteiger partial charge in [-0.15, -0.1) is 0 Å². The van der Waals surface area contributed by atoms with Crippen molar-refractivity contribution in [2.45, 2.75) is 18.2 Å². The van der Waals surface area contributed by atoms with Gasteiger partial charge in [-0.05, 0) is 42.3 Å². The Hall–Kier alpha value is -2.54. The molecule has 0 unspecified atom stereocenters. The molecule has 0 saturated heterocycles. The quantitative estimate of drug-likeness (QED) is 0.734. The average Bonchev–Trinajstić information content (AvgIpc) is 2.49. The molecule has 116 valence electrons. The number of phenolic OH excluding ortho intramolecular Hbond substituents is 1.